The van der Waals surface area contributed by atoms with Crippen LogP contribution in [-0.2, 0) is 16.0 Å². The van der Waals surface area contributed by atoms with Crippen molar-refractivity contribution < 1.29 is 9.59 Å². The molecule has 122 valence electrons. The standard InChI is InChI=1S/C17H20ClN3O2/c18-13-3-1-11(2-4-13)5-17(9-19-10-17)16(23)21-7-12-6-20-15(22)14(12)8-21/h1-4,12,14,19H,5-10H2,(H,20,22)/t12-,14+/m0/s1. The molecule has 3 aliphatic heterocycles. The molecule has 3 fully saturated rings. The molecule has 0 bridgehead atoms. The Morgan fingerprint density at radius 3 is 2.61 bits per heavy atom. The predicted octanol–water partition coefficient (Wildman–Crippen LogP) is 0.676. The fourth-order valence-corrected chi connectivity index (χ4v) is 4.14. The minimum Gasteiger partial charge on any atom is -0.355 e. The SMILES string of the molecule is O=C1NC[C@H]2CN(C(=O)C3(Cc4ccc(Cl)cc4)CNC3)C[C@@H]12. The Morgan fingerprint density at radius 2 is 2.00 bits per heavy atom. The molecule has 1 aromatic carbocycles. The van der Waals surface area contributed by atoms with Gasteiger partial charge in [-0.15, -0.1) is 0 Å². The van der Waals surface area contributed by atoms with E-state index in [1.54, 1.807) is 0 Å². The lowest BCUT2D eigenvalue weighted by Crippen LogP contribution is -2.63. The van der Waals surface area contributed by atoms with Crippen LogP contribution in [0.1, 0.15) is 5.56 Å². The van der Waals surface area contributed by atoms with E-state index >= 15 is 0 Å². The van der Waals surface area contributed by atoms with Gasteiger partial charge in [0.1, 0.15) is 0 Å². The molecule has 0 unspecified atom stereocenters. The van der Waals surface area contributed by atoms with Gasteiger partial charge >= 0.3 is 0 Å². The van der Waals surface area contributed by atoms with Gasteiger partial charge in [-0.2, -0.15) is 0 Å². The van der Waals surface area contributed by atoms with Crippen molar-refractivity contribution in [2.24, 2.45) is 17.3 Å². The average Bonchev–Trinajstić information content (AvgIpc) is 3.07. The number of likely N-dealkylation sites (tertiary alicyclic amines) is 1. The van der Waals surface area contributed by atoms with Crippen LogP contribution >= 0.6 is 11.6 Å². The van der Waals surface area contributed by atoms with E-state index in [1.165, 1.54) is 0 Å². The van der Waals surface area contributed by atoms with Gasteiger partial charge in [-0.3, -0.25) is 9.59 Å². The third kappa shape index (κ3) is 2.52. The molecular formula is C17H20ClN3O2. The molecule has 0 aliphatic carbocycles. The van der Waals surface area contributed by atoms with Crippen LogP contribution < -0.4 is 10.6 Å². The second-order valence-corrected chi connectivity index (χ2v) is 7.45. The van der Waals surface area contributed by atoms with Gasteiger partial charge in [0.05, 0.1) is 11.3 Å². The first kappa shape index (κ1) is 15.0. The van der Waals surface area contributed by atoms with Crippen LogP contribution in [0.5, 0.6) is 0 Å². The Morgan fingerprint density at radius 1 is 1.26 bits per heavy atom. The summed E-state index contributed by atoms with van der Waals surface area (Å²) in [5.41, 5.74) is 0.754. The Kier molecular flexibility index (Phi) is 3.58. The number of amides is 2. The minimum absolute atomic E-state index is 0.0143. The van der Waals surface area contributed by atoms with Crippen molar-refractivity contribution in [2.45, 2.75) is 6.42 Å². The number of hydrogen-bond donors (Lipinski definition) is 2. The number of nitrogens with zero attached hydrogens (tertiary/aromatic N) is 1. The summed E-state index contributed by atoms with van der Waals surface area (Å²) in [5.74, 6) is 0.559. The summed E-state index contributed by atoms with van der Waals surface area (Å²) >= 11 is 5.94. The number of fused-ring (bicyclic) bond motifs is 1. The van der Waals surface area contributed by atoms with E-state index in [1.807, 2.05) is 29.2 Å². The topological polar surface area (TPSA) is 61.4 Å². The molecule has 2 amide bonds. The number of benzene rings is 1. The van der Waals surface area contributed by atoms with Crippen molar-refractivity contribution in [2.75, 3.05) is 32.7 Å². The van der Waals surface area contributed by atoms with Crippen molar-refractivity contribution in [3.63, 3.8) is 0 Å². The summed E-state index contributed by atoms with van der Waals surface area (Å²) in [7, 11) is 0. The van der Waals surface area contributed by atoms with Crippen molar-refractivity contribution >= 4 is 23.4 Å². The predicted molar refractivity (Wildman–Crippen MR) is 87.0 cm³/mol. The summed E-state index contributed by atoms with van der Waals surface area (Å²) < 4.78 is 0. The highest BCUT2D eigenvalue weighted by Crippen LogP contribution is 2.35. The highest BCUT2D eigenvalue weighted by Gasteiger charge is 2.51. The van der Waals surface area contributed by atoms with Crippen LogP contribution in [0.4, 0.5) is 0 Å². The van der Waals surface area contributed by atoms with Crippen LogP contribution in [0, 0.1) is 17.3 Å². The monoisotopic (exact) mass is 333 g/mol. The maximum absolute atomic E-state index is 13.1. The zero-order valence-corrected chi connectivity index (χ0v) is 13.6. The molecule has 2 N–H and O–H groups in total. The normalized spacial score (nSPS) is 28.2. The van der Waals surface area contributed by atoms with E-state index in [-0.39, 0.29) is 29.1 Å². The third-order valence-corrected chi connectivity index (χ3v) is 5.69. The van der Waals surface area contributed by atoms with Crippen molar-refractivity contribution in [1.82, 2.24) is 15.5 Å². The zero-order valence-electron chi connectivity index (χ0n) is 12.8. The van der Waals surface area contributed by atoms with E-state index in [4.69, 9.17) is 11.6 Å². The number of nitrogens with one attached hydrogen (secondary N) is 2. The first-order valence-electron chi connectivity index (χ1n) is 8.10. The molecule has 3 heterocycles. The molecule has 3 saturated heterocycles. The molecule has 2 atom stereocenters. The maximum atomic E-state index is 13.1. The van der Waals surface area contributed by atoms with E-state index in [0.717, 1.165) is 5.56 Å². The Balaban J connectivity index is 1.49. The molecule has 23 heavy (non-hydrogen) atoms. The Labute approximate surface area is 140 Å². The first-order chi connectivity index (χ1) is 11.1. The van der Waals surface area contributed by atoms with Gasteiger partial charge in [-0.25, -0.2) is 0 Å². The van der Waals surface area contributed by atoms with Crippen LogP contribution in [-0.4, -0.2) is 49.4 Å². The molecular weight excluding hydrogens is 314 g/mol. The minimum atomic E-state index is -0.372. The van der Waals surface area contributed by atoms with E-state index in [0.29, 0.717) is 44.2 Å². The van der Waals surface area contributed by atoms with E-state index in [9.17, 15) is 9.59 Å². The molecule has 0 aromatic heterocycles. The van der Waals surface area contributed by atoms with Crippen molar-refractivity contribution in [3.05, 3.63) is 34.9 Å². The zero-order chi connectivity index (χ0) is 16.0. The number of carbonyl (C=O) groups is 2. The van der Waals surface area contributed by atoms with Gasteiger partial charge in [-0.1, -0.05) is 23.7 Å². The summed E-state index contributed by atoms with van der Waals surface area (Å²) in [6, 6.07) is 7.71. The summed E-state index contributed by atoms with van der Waals surface area (Å²) in [4.78, 5) is 26.8. The molecule has 3 aliphatic rings. The Bertz CT molecular complexity index is 642. The van der Waals surface area contributed by atoms with Gasteiger partial charge in [0, 0.05) is 43.7 Å². The van der Waals surface area contributed by atoms with Crippen molar-refractivity contribution in [3.8, 4) is 0 Å². The quantitative estimate of drug-likeness (QED) is 0.855. The van der Waals surface area contributed by atoms with Crippen molar-refractivity contribution in [1.29, 1.82) is 0 Å². The molecule has 1 aromatic rings. The third-order valence-electron chi connectivity index (χ3n) is 5.44. The Hall–Kier alpha value is -1.59. The van der Waals surface area contributed by atoms with Gasteiger partial charge in [0.2, 0.25) is 11.8 Å². The second kappa shape index (κ2) is 5.49. The number of hydrogen-bond acceptors (Lipinski definition) is 3. The molecule has 5 nitrogen and oxygen atoms in total. The fraction of sp³-hybridized carbons (Fsp3) is 0.529. The summed E-state index contributed by atoms with van der Waals surface area (Å²) in [6.45, 7) is 3.37. The average molecular weight is 334 g/mol. The van der Waals surface area contributed by atoms with Gasteiger partial charge < -0.3 is 15.5 Å². The highest BCUT2D eigenvalue weighted by molar-refractivity contribution is 6.30. The number of carbonyl (C=O) groups excluding carboxylic acids is 2. The lowest BCUT2D eigenvalue weighted by atomic mass is 9.75. The number of rotatable bonds is 3. The van der Waals surface area contributed by atoms with Crippen LogP contribution in [0.15, 0.2) is 24.3 Å². The highest BCUT2D eigenvalue weighted by atomic mass is 35.5. The number of halogens is 1. The van der Waals surface area contributed by atoms with Gasteiger partial charge in [0.25, 0.3) is 0 Å². The van der Waals surface area contributed by atoms with E-state index < -0.39 is 0 Å². The lowest BCUT2D eigenvalue weighted by molar-refractivity contribution is -0.144. The fourth-order valence-electron chi connectivity index (χ4n) is 4.01. The smallest absolute Gasteiger partial charge is 0.231 e. The summed E-state index contributed by atoms with van der Waals surface area (Å²) in [5, 5.41) is 6.84. The van der Waals surface area contributed by atoms with Crippen LogP contribution in [0.2, 0.25) is 5.02 Å². The van der Waals surface area contributed by atoms with Gasteiger partial charge in [0.15, 0.2) is 0 Å². The molecule has 6 heteroatoms. The van der Waals surface area contributed by atoms with Gasteiger partial charge in [-0.05, 0) is 24.1 Å². The molecule has 0 saturated carbocycles. The molecule has 4 rings (SSSR count). The first-order valence-corrected chi connectivity index (χ1v) is 8.47. The summed E-state index contributed by atoms with van der Waals surface area (Å²) in [6.07, 6.45) is 0.716. The molecule has 0 spiro atoms. The van der Waals surface area contributed by atoms with Crippen LogP contribution in [0.3, 0.4) is 0 Å². The largest absolute Gasteiger partial charge is 0.355 e. The lowest BCUT2D eigenvalue weighted by Gasteiger charge is -2.43. The maximum Gasteiger partial charge on any atom is 0.231 e. The second-order valence-electron chi connectivity index (χ2n) is 7.01. The van der Waals surface area contributed by atoms with Crippen LogP contribution in [0.25, 0.3) is 0 Å². The molecule has 0 radical (unpaired) electrons. The van der Waals surface area contributed by atoms with E-state index in [2.05, 4.69) is 10.6 Å².